The molecule has 4 heteroatoms. The largest absolute Gasteiger partial charge is 0.417 e. The summed E-state index contributed by atoms with van der Waals surface area (Å²) in [6.45, 7) is 5.15. The molecule has 0 spiro atoms. The molecule has 0 bridgehead atoms. The van der Waals surface area contributed by atoms with E-state index in [9.17, 15) is 18.0 Å². The van der Waals surface area contributed by atoms with Gasteiger partial charge < -0.3 is 0 Å². The standard InChI is InChI=1S/C13H15F3O/c1-8(2)7-11(17)12-9(3)5-4-6-10(12)13(14,15)16/h4-6,8H,7H2,1-3H3. The number of hydrogen-bond donors (Lipinski definition) is 0. The smallest absolute Gasteiger partial charge is 0.294 e. The van der Waals surface area contributed by atoms with Crippen LogP contribution < -0.4 is 0 Å². The van der Waals surface area contributed by atoms with Gasteiger partial charge in [0, 0.05) is 12.0 Å². The molecule has 1 rings (SSSR count). The fourth-order valence-corrected chi connectivity index (χ4v) is 1.75. The van der Waals surface area contributed by atoms with E-state index in [1.807, 2.05) is 13.8 Å². The second kappa shape index (κ2) is 4.90. The molecule has 1 aromatic rings. The van der Waals surface area contributed by atoms with E-state index >= 15 is 0 Å². The van der Waals surface area contributed by atoms with E-state index in [2.05, 4.69) is 0 Å². The van der Waals surface area contributed by atoms with Gasteiger partial charge in [0.2, 0.25) is 0 Å². The lowest BCUT2D eigenvalue weighted by Crippen LogP contribution is -2.15. The maximum absolute atomic E-state index is 12.8. The Hall–Kier alpha value is -1.32. The van der Waals surface area contributed by atoms with E-state index in [0.717, 1.165) is 6.07 Å². The van der Waals surface area contributed by atoms with E-state index in [1.54, 1.807) is 0 Å². The summed E-state index contributed by atoms with van der Waals surface area (Å²) in [4.78, 5) is 11.8. The summed E-state index contributed by atoms with van der Waals surface area (Å²) in [5, 5.41) is 0. The van der Waals surface area contributed by atoms with Crippen LogP contribution in [-0.4, -0.2) is 5.78 Å². The lowest BCUT2D eigenvalue weighted by Gasteiger charge is -2.15. The molecule has 0 aliphatic heterocycles. The second-order valence-electron chi connectivity index (χ2n) is 4.52. The third kappa shape index (κ3) is 3.32. The van der Waals surface area contributed by atoms with E-state index in [4.69, 9.17) is 0 Å². The van der Waals surface area contributed by atoms with Crippen LogP contribution in [0.25, 0.3) is 0 Å². The number of alkyl halides is 3. The number of hydrogen-bond acceptors (Lipinski definition) is 1. The number of carbonyl (C=O) groups excluding carboxylic acids is 1. The molecule has 0 aliphatic rings. The molecule has 0 atom stereocenters. The van der Waals surface area contributed by atoms with Crippen molar-refractivity contribution in [2.45, 2.75) is 33.4 Å². The molecule has 0 saturated heterocycles. The van der Waals surface area contributed by atoms with Crippen LogP contribution in [0.3, 0.4) is 0 Å². The first kappa shape index (κ1) is 13.7. The van der Waals surface area contributed by atoms with Gasteiger partial charge in [0.25, 0.3) is 0 Å². The number of rotatable bonds is 3. The Balaban J connectivity index is 3.26. The molecule has 1 aromatic carbocycles. The van der Waals surface area contributed by atoms with Crippen molar-refractivity contribution >= 4 is 5.78 Å². The van der Waals surface area contributed by atoms with E-state index in [0.29, 0.717) is 5.56 Å². The number of carbonyl (C=O) groups is 1. The first-order valence-corrected chi connectivity index (χ1v) is 5.43. The Morgan fingerprint density at radius 3 is 2.35 bits per heavy atom. The maximum Gasteiger partial charge on any atom is 0.417 e. The zero-order chi connectivity index (χ0) is 13.2. The summed E-state index contributed by atoms with van der Waals surface area (Å²) >= 11 is 0. The van der Waals surface area contributed by atoms with Gasteiger partial charge in [0.1, 0.15) is 0 Å². The summed E-state index contributed by atoms with van der Waals surface area (Å²) in [5.41, 5.74) is -0.637. The molecule has 94 valence electrons. The van der Waals surface area contributed by atoms with Crippen molar-refractivity contribution in [1.82, 2.24) is 0 Å². The Morgan fingerprint density at radius 2 is 1.88 bits per heavy atom. The van der Waals surface area contributed by atoms with Crippen molar-refractivity contribution in [1.29, 1.82) is 0 Å². The van der Waals surface area contributed by atoms with Crippen molar-refractivity contribution in [3.63, 3.8) is 0 Å². The topological polar surface area (TPSA) is 17.1 Å². The highest BCUT2D eigenvalue weighted by molar-refractivity contribution is 5.99. The van der Waals surface area contributed by atoms with Crippen LogP contribution in [-0.2, 0) is 6.18 Å². The first-order chi connectivity index (χ1) is 7.73. The number of ketones is 1. The highest BCUT2D eigenvalue weighted by Crippen LogP contribution is 2.34. The van der Waals surface area contributed by atoms with Crippen molar-refractivity contribution in [3.8, 4) is 0 Å². The van der Waals surface area contributed by atoms with Crippen LogP contribution in [0.2, 0.25) is 0 Å². The highest BCUT2D eigenvalue weighted by atomic mass is 19.4. The average molecular weight is 244 g/mol. The molecule has 0 saturated carbocycles. The minimum Gasteiger partial charge on any atom is -0.294 e. The molecule has 0 amide bonds. The monoisotopic (exact) mass is 244 g/mol. The van der Waals surface area contributed by atoms with Crippen molar-refractivity contribution in [2.75, 3.05) is 0 Å². The highest BCUT2D eigenvalue weighted by Gasteiger charge is 2.35. The minimum absolute atomic E-state index is 0.0446. The minimum atomic E-state index is -4.48. The Labute approximate surface area is 98.6 Å². The third-order valence-electron chi connectivity index (χ3n) is 2.45. The van der Waals surface area contributed by atoms with Crippen LogP contribution in [0.15, 0.2) is 18.2 Å². The van der Waals surface area contributed by atoms with Crippen LogP contribution >= 0.6 is 0 Å². The van der Waals surface area contributed by atoms with Gasteiger partial charge in [-0.2, -0.15) is 13.2 Å². The van der Waals surface area contributed by atoms with Gasteiger partial charge in [-0.1, -0.05) is 26.0 Å². The van der Waals surface area contributed by atoms with Gasteiger partial charge in [0.15, 0.2) is 5.78 Å². The summed E-state index contributed by atoms with van der Waals surface area (Å²) < 4.78 is 38.3. The van der Waals surface area contributed by atoms with Gasteiger partial charge in [-0.25, -0.2) is 0 Å². The molecule has 0 fully saturated rings. The lowest BCUT2D eigenvalue weighted by atomic mass is 9.93. The van der Waals surface area contributed by atoms with Crippen LogP contribution in [0.4, 0.5) is 13.2 Å². The summed E-state index contributed by atoms with van der Waals surface area (Å²) in [6, 6.07) is 3.81. The Bertz CT molecular complexity index is 419. The van der Waals surface area contributed by atoms with Crippen molar-refractivity contribution in [3.05, 3.63) is 34.9 Å². The molecular formula is C13H15F3O. The first-order valence-electron chi connectivity index (χ1n) is 5.43. The number of halogens is 3. The fraction of sp³-hybridized carbons (Fsp3) is 0.462. The average Bonchev–Trinajstić information content (AvgIpc) is 2.14. The third-order valence-corrected chi connectivity index (χ3v) is 2.45. The normalized spacial score (nSPS) is 11.9. The molecule has 0 aliphatic carbocycles. The number of aryl methyl sites for hydroxylation is 1. The predicted octanol–water partition coefficient (Wildman–Crippen LogP) is 4.24. The van der Waals surface area contributed by atoms with Crippen molar-refractivity contribution < 1.29 is 18.0 Å². The maximum atomic E-state index is 12.8. The van der Waals surface area contributed by atoms with Crippen LogP contribution in [0.1, 0.15) is 41.8 Å². The van der Waals surface area contributed by atoms with Gasteiger partial charge in [-0.15, -0.1) is 0 Å². The van der Waals surface area contributed by atoms with Gasteiger partial charge in [0.05, 0.1) is 5.56 Å². The zero-order valence-electron chi connectivity index (χ0n) is 10.1. The number of Topliss-reactive ketones (excluding diaryl/α,β-unsaturated/α-hetero) is 1. The summed E-state index contributed by atoms with van der Waals surface area (Å²) in [5.74, 6) is -0.395. The molecule has 0 heterocycles. The Kier molecular flexibility index (Phi) is 3.96. The lowest BCUT2D eigenvalue weighted by molar-refractivity contribution is -0.138. The summed E-state index contributed by atoms with van der Waals surface area (Å²) in [7, 11) is 0. The van der Waals surface area contributed by atoms with Gasteiger partial charge in [-0.05, 0) is 24.5 Å². The number of benzene rings is 1. The van der Waals surface area contributed by atoms with Crippen LogP contribution in [0, 0.1) is 12.8 Å². The van der Waals surface area contributed by atoms with E-state index in [-0.39, 0.29) is 17.9 Å². The molecule has 0 N–H and O–H groups in total. The van der Waals surface area contributed by atoms with Gasteiger partial charge in [-0.3, -0.25) is 4.79 Å². The molecule has 0 unspecified atom stereocenters. The second-order valence-corrected chi connectivity index (χ2v) is 4.52. The van der Waals surface area contributed by atoms with E-state index < -0.39 is 17.5 Å². The van der Waals surface area contributed by atoms with Gasteiger partial charge >= 0.3 is 6.18 Å². The quantitative estimate of drug-likeness (QED) is 0.727. The van der Waals surface area contributed by atoms with E-state index in [1.165, 1.54) is 19.1 Å². The fourth-order valence-electron chi connectivity index (χ4n) is 1.75. The van der Waals surface area contributed by atoms with Crippen LogP contribution in [0.5, 0.6) is 0 Å². The molecule has 17 heavy (non-hydrogen) atoms. The molecule has 0 aromatic heterocycles. The predicted molar refractivity (Wildman–Crippen MR) is 60.0 cm³/mol. The molecule has 1 nitrogen and oxygen atoms in total. The SMILES string of the molecule is Cc1cccc(C(F)(F)F)c1C(=O)CC(C)C. The molecular weight excluding hydrogens is 229 g/mol. The Morgan fingerprint density at radius 1 is 1.29 bits per heavy atom. The van der Waals surface area contributed by atoms with Crippen molar-refractivity contribution in [2.24, 2.45) is 5.92 Å². The molecule has 0 radical (unpaired) electrons. The summed E-state index contributed by atoms with van der Waals surface area (Å²) in [6.07, 6.45) is -4.35. The zero-order valence-corrected chi connectivity index (χ0v) is 10.1.